The third-order valence-electron chi connectivity index (χ3n) is 16.3. The number of aliphatic hydroxyl groups excluding tert-OH is 1. The molecule has 4 aliphatic heterocycles. The smallest absolute Gasteiger partial charge is 0.329 e. The molecule has 18 heteroatoms. The van der Waals surface area contributed by atoms with Crippen molar-refractivity contribution < 1.29 is 42.5 Å². The van der Waals surface area contributed by atoms with Gasteiger partial charge in [0, 0.05) is 92.2 Å². The fraction of sp³-hybridized carbons (Fsp3) is 0.473. The molecule has 10 rings (SSSR count). The molecule has 5 heterocycles. The van der Waals surface area contributed by atoms with Crippen molar-refractivity contribution in [3.63, 3.8) is 0 Å². The molecule has 0 spiro atoms. The summed E-state index contributed by atoms with van der Waals surface area (Å²) >= 11 is 6.73. The van der Waals surface area contributed by atoms with Gasteiger partial charge in [-0.25, -0.2) is 13.6 Å². The van der Waals surface area contributed by atoms with Crippen molar-refractivity contribution in [2.75, 3.05) is 63.9 Å². The highest BCUT2D eigenvalue weighted by molar-refractivity contribution is 6.34. The highest BCUT2D eigenvalue weighted by Crippen LogP contribution is 2.56. The number of fused-ring (bicyclic) bond motifs is 2. The molecule has 5 aliphatic rings. The Morgan fingerprint density at radius 3 is 2.38 bits per heavy atom. The number of amides is 5. The van der Waals surface area contributed by atoms with Crippen molar-refractivity contribution in [3.8, 4) is 22.6 Å². The maximum Gasteiger partial charge on any atom is 0.329 e. The number of carbonyl (C=O) groups is 4. The first kappa shape index (κ1) is 50.4. The number of aromatic nitrogens is 2. The average Bonchev–Trinajstić information content (AvgIpc) is 3.88. The summed E-state index contributed by atoms with van der Waals surface area (Å²) in [5.41, 5.74) is 7.57. The van der Waals surface area contributed by atoms with Gasteiger partial charge in [0.05, 0.1) is 22.7 Å². The van der Waals surface area contributed by atoms with Gasteiger partial charge in [0.15, 0.2) is 23.0 Å². The Balaban J connectivity index is 0.731. The van der Waals surface area contributed by atoms with E-state index >= 15 is 8.78 Å². The lowest BCUT2D eigenvalue weighted by molar-refractivity contribution is -0.138. The van der Waals surface area contributed by atoms with E-state index in [2.05, 4.69) is 43.7 Å². The predicted molar refractivity (Wildman–Crippen MR) is 273 cm³/mol. The molecule has 0 radical (unpaired) electrons. The van der Waals surface area contributed by atoms with Gasteiger partial charge in [-0.2, -0.15) is 5.10 Å². The van der Waals surface area contributed by atoms with Gasteiger partial charge in [-0.3, -0.25) is 29.3 Å². The number of aryl methyl sites for hydroxylation is 1. The second-order valence-electron chi connectivity index (χ2n) is 20.5. The monoisotopic (exact) mass is 1020 g/mol. The van der Waals surface area contributed by atoms with Gasteiger partial charge in [0.25, 0.3) is 0 Å². The Bertz CT molecular complexity index is 2920. The minimum atomic E-state index is -1.10. The van der Waals surface area contributed by atoms with Gasteiger partial charge < -0.3 is 35.4 Å². The van der Waals surface area contributed by atoms with Gasteiger partial charge >= 0.3 is 6.03 Å². The van der Waals surface area contributed by atoms with E-state index in [0.717, 1.165) is 101 Å². The molecular formula is C55H63ClF2N8O7. The van der Waals surface area contributed by atoms with Gasteiger partial charge in [-0.1, -0.05) is 54.9 Å². The van der Waals surface area contributed by atoms with Crippen LogP contribution >= 0.6 is 11.6 Å². The van der Waals surface area contributed by atoms with E-state index < -0.39 is 40.1 Å². The van der Waals surface area contributed by atoms with Crippen LogP contribution in [-0.4, -0.2) is 114 Å². The summed E-state index contributed by atoms with van der Waals surface area (Å²) < 4.78 is 46.4. The summed E-state index contributed by atoms with van der Waals surface area (Å²) in [4.78, 5) is 57.3. The summed E-state index contributed by atoms with van der Waals surface area (Å²) in [6.45, 7) is 6.55. The molecule has 3 saturated heterocycles. The lowest BCUT2D eigenvalue weighted by Gasteiger charge is -2.40. The van der Waals surface area contributed by atoms with Crippen molar-refractivity contribution in [2.45, 2.75) is 88.2 Å². The summed E-state index contributed by atoms with van der Waals surface area (Å²) in [5, 5.41) is 20.7. The third-order valence-corrected chi connectivity index (χ3v) is 16.6. The highest BCUT2D eigenvalue weighted by Gasteiger charge is 2.50. The Morgan fingerprint density at radius 2 is 1.68 bits per heavy atom. The zero-order valence-corrected chi connectivity index (χ0v) is 42.1. The Morgan fingerprint density at radius 1 is 0.945 bits per heavy atom. The Labute approximate surface area is 428 Å². The van der Waals surface area contributed by atoms with Crippen LogP contribution in [0.25, 0.3) is 22.0 Å². The molecule has 2 unspecified atom stereocenters. The van der Waals surface area contributed by atoms with Crippen molar-refractivity contribution in [2.24, 2.45) is 24.6 Å². The number of nitrogens with one attached hydrogen (secondary N) is 2. The number of urea groups is 1. The number of likely N-dealkylation sites (tertiary alicyclic amines) is 2. The van der Waals surface area contributed by atoms with Crippen molar-refractivity contribution in [1.29, 1.82) is 0 Å². The van der Waals surface area contributed by atoms with Crippen LogP contribution in [0, 0.1) is 23.5 Å². The Hall–Kier alpha value is -6.14. The topological polar surface area (TPSA) is 185 Å². The number of piperidine rings is 2. The van der Waals surface area contributed by atoms with Crippen LogP contribution in [0.5, 0.6) is 11.5 Å². The van der Waals surface area contributed by atoms with Crippen LogP contribution in [-0.2, 0) is 22.2 Å². The second-order valence-corrected chi connectivity index (χ2v) is 20.9. The molecule has 2 atom stereocenters. The SMILES string of the molecule is CC1c2c(cc(F)c(Cl)c2-c2c(C(N)=O)ccc(OCCO)c2F)OC1(CNC1CCC(C(=O)N2CCC(CN3CCC(c4ccc5c(N6CCC(=O)NC6=O)nn(C)c5c4)CC3)CC2)CC1)c1ccccc1. The van der Waals surface area contributed by atoms with Crippen molar-refractivity contribution >= 4 is 52.1 Å². The fourth-order valence-corrected chi connectivity index (χ4v) is 12.5. The number of ether oxygens (including phenoxy) is 2. The minimum Gasteiger partial charge on any atom is -0.488 e. The van der Waals surface area contributed by atoms with Gasteiger partial charge in [-0.05, 0) is 112 Å². The van der Waals surface area contributed by atoms with Crippen molar-refractivity contribution in [3.05, 3.63) is 106 Å². The van der Waals surface area contributed by atoms with E-state index in [1.54, 1.807) is 4.90 Å². The number of hydrogen-bond donors (Lipinski definition) is 4. The quantitative estimate of drug-likeness (QED) is 0.0858. The van der Waals surface area contributed by atoms with E-state index in [-0.39, 0.29) is 71.6 Å². The van der Waals surface area contributed by atoms with Gasteiger partial charge in [-0.15, -0.1) is 0 Å². The number of aliphatic hydroxyl groups is 1. The van der Waals surface area contributed by atoms with E-state index in [9.17, 15) is 24.3 Å². The summed E-state index contributed by atoms with van der Waals surface area (Å²) in [7, 11) is 1.89. The minimum absolute atomic E-state index is 0.0474. The average molecular weight is 1020 g/mol. The van der Waals surface area contributed by atoms with Crippen molar-refractivity contribution in [1.82, 2.24) is 30.2 Å². The molecular weight excluding hydrogens is 958 g/mol. The van der Waals surface area contributed by atoms with Crippen LogP contribution in [0.15, 0.2) is 66.7 Å². The summed E-state index contributed by atoms with van der Waals surface area (Å²) in [5.74, 6) is -1.93. The molecule has 15 nitrogen and oxygen atoms in total. The molecule has 5 N–H and O–H groups in total. The number of nitrogens with zero attached hydrogens (tertiary/aromatic N) is 5. The second kappa shape index (κ2) is 21.0. The number of anilines is 1. The number of nitrogens with two attached hydrogens (primary N) is 1. The number of carbonyl (C=O) groups excluding carboxylic acids is 4. The molecule has 4 fully saturated rings. The first-order valence-corrected chi connectivity index (χ1v) is 26.1. The molecule has 386 valence electrons. The lowest BCUT2D eigenvalue weighted by Crippen LogP contribution is -2.49. The van der Waals surface area contributed by atoms with Crippen LogP contribution in [0.4, 0.5) is 19.4 Å². The normalized spacial score (nSPS) is 23.1. The van der Waals surface area contributed by atoms with Crippen LogP contribution in [0.3, 0.4) is 0 Å². The zero-order chi connectivity index (χ0) is 51.1. The van der Waals surface area contributed by atoms with E-state index in [1.165, 1.54) is 23.8 Å². The largest absolute Gasteiger partial charge is 0.488 e. The fourth-order valence-electron chi connectivity index (χ4n) is 12.2. The number of hydrogen-bond acceptors (Lipinski definition) is 10. The summed E-state index contributed by atoms with van der Waals surface area (Å²) in [6, 6.07) is 19.4. The number of primary amides is 1. The standard InChI is InChI=1S/C55H63ClF2N8O7/c1-32-46-44(29-41(57)49(56)48(46)47-40(51(59)69)14-15-43(50(47)58)72-27-26-67)73-55(32,37-6-4-3-5-7-37)31-60-38-11-8-35(9-12-38)53(70)65-23-16-33(17-24-65)30-64-21-18-34(19-22-64)36-10-13-39-42(28-36)63(2)62-52(39)66-25-20-45(68)61-54(66)71/h3-7,10,13-15,28-29,32-35,38,60,67H,8-9,11-12,16-27,30-31H2,1-2H3,(H2,59,69)(H,61,68,71). The van der Waals surface area contributed by atoms with Crippen LogP contribution < -0.4 is 30.7 Å². The number of benzene rings is 4. The molecule has 0 bridgehead atoms. The van der Waals surface area contributed by atoms with Crippen LogP contribution in [0.2, 0.25) is 5.02 Å². The molecule has 1 aromatic heterocycles. The number of imide groups is 1. The molecule has 5 amide bonds. The van der Waals surface area contributed by atoms with E-state index in [1.807, 2.05) is 49.0 Å². The molecule has 1 saturated carbocycles. The zero-order valence-electron chi connectivity index (χ0n) is 41.3. The lowest BCUT2D eigenvalue weighted by atomic mass is 9.77. The summed E-state index contributed by atoms with van der Waals surface area (Å²) in [6.07, 6.45) is 7.42. The predicted octanol–water partition coefficient (Wildman–Crippen LogP) is 7.75. The molecule has 4 aromatic carbocycles. The highest BCUT2D eigenvalue weighted by atomic mass is 35.5. The Kier molecular flexibility index (Phi) is 14.5. The van der Waals surface area contributed by atoms with E-state index in [0.29, 0.717) is 36.3 Å². The number of rotatable bonds is 14. The number of halogens is 3. The van der Waals surface area contributed by atoms with Crippen LogP contribution in [0.1, 0.15) is 104 Å². The van der Waals surface area contributed by atoms with Gasteiger partial charge in [0.1, 0.15) is 18.2 Å². The molecule has 5 aromatic rings. The van der Waals surface area contributed by atoms with E-state index in [4.69, 9.17) is 26.8 Å². The maximum absolute atomic E-state index is 16.5. The molecule has 1 aliphatic carbocycles. The molecule has 73 heavy (non-hydrogen) atoms. The van der Waals surface area contributed by atoms with Gasteiger partial charge in [0.2, 0.25) is 17.7 Å². The first-order valence-electron chi connectivity index (χ1n) is 25.7. The maximum atomic E-state index is 16.5. The third kappa shape index (κ3) is 9.76. The first-order chi connectivity index (χ1) is 35.2.